The third kappa shape index (κ3) is 5.72. The van der Waals surface area contributed by atoms with E-state index in [9.17, 15) is 4.79 Å². The Bertz CT molecular complexity index is 469. The fraction of sp³-hybridized carbons (Fsp3) is 0.500. The van der Waals surface area contributed by atoms with Gasteiger partial charge in [-0.15, -0.1) is 0 Å². The normalized spacial score (nSPS) is 21.3. The van der Waals surface area contributed by atoms with E-state index < -0.39 is 0 Å². The first-order chi connectivity index (χ1) is 10.1. The number of likely N-dealkylation sites (tertiary alicyclic amines) is 1. The lowest BCUT2D eigenvalue weighted by atomic mass is 10.00. The molecule has 0 spiro atoms. The Labute approximate surface area is 128 Å². The molecule has 1 N–H and O–H groups in total. The minimum atomic E-state index is -0.0172. The van der Waals surface area contributed by atoms with Crippen LogP contribution >= 0.6 is 0 Å². The summed E-state index contributed by atoms with van der Waals surface area (Å²) >= 11 is 0. The number of carbonyl (C=O) groups excluding carboxylic acids is 1. The molecular weight excluding hydrogens is 260 g/mol. The molecule has 0 bridgehead atoms. The lowest BCUT2D eigenvalue weighted by molar-refractivity contribution is -0.117. The molecule has 1 aromatic rings. The predicted molar refractivity (Wildman–Crippen MR) is 87.9 cm³/mol. The zero-order chi connectivity index (χ0) is 15.1. The molecule has 2 unspecified atom stereocenters. The van der Waals surface area contributed by atoms with E-state index in [-0.39, 0.29) is 11.9 Å². The predicted octanol–water partition coefficient (Wildman–Crippen LogP) is 2.94. The molecule has 114 valence electrons. The van der Waals surface area contributed by atoms with Crippen molar-refractivity contribution in [2.24, 2.45) is 5.92 Å². The average molecular weight is 286 g/mol. The molecule has 1 aliphatic heterocycles. The fourth-order valence-corrected chi connectivity index (χ4v) is 2.91. The Hall–Kier alpha value is -1.61. The molecule has 1 aliphatic rings. The highest BCUT2D eigenvalue weighted by Gasteiger charge is 2.18. The monoisotopic (exact) mass is 286 g/mol. The fourth-order valence-electron chi connectivity index (χ4n) is 2.91. The van der Waals surface area contributed by atoms with Crippen molar-refractivity contribution in [2.45, 2.75) is 32.7 Å². The highest BCUT2D eigenvalue weighted by atomic mass is 16.1. The van der Waals surface area contributed by atoms with E-state index in [1.807, 2.05) is 36.4 Å². The van der Waals surface area contributed by atoms with Gasteiger partial charge in [-0.05, 0) is 43.9 Å². The van der Waals surface area contributed by atoms with Gasteiger partial charge >= 0.3 is 0 Å². The molecule has 2 atom stereocenters. The van der Waals surface area contributed by atoms with Gasteiger partial charge in [-0.2, -0.15) is 0 Å². The molecule has 0 aromatic heterocycles. The van der Waals surface area contributed by atoms with Gasteiger partial charge in [0.25, 0.3) is 0 Å². The number of nitrogens with zero attached hydrogens (tertiary/aromatic N) is 1. The molecular formula is C18H26N2O. The Morgan fingerprint density at radius 2 is 2.19 bits per heavy atom. The van der Waals surface area contributed by atoms with Crippen LogP contribution in [0, 0.1) is 5.92 Å². The molecule has 21 heavy (non-hydrogen) atoms. The summed E-state index contributed by atoms with van der Waals surface area (Å²) in [5, 5.41) is 3.04. The highest BCUT2D eigenvalue weighted by Crippen LogP contribution is 2.15. The molecule has 0 saturated carbocycles. The van der Waals surface area contributed by atoms with Crippen LogP contribution in [0.1, 0.15) is 32.3 Å². The van der Waals surface area contributed by atoms with Crippen molar-refractivity contribution < 1.29 is 4.79 Å². The molecule has 1 heterocycles. The minimum absolute atomic E-state index is 0.0172. The maximum absolute atomic E-state index is 11.9. The second-order valence-electron chi connectivity index (χ2n) is 6.16. The van der Waals surface area contributed by atoms with Crippen molar-refractivity contribution in [2.75, 3.05) is 19.6 Å². The number of amides is 1. The van der Waals surface area contributed by atoms with Crippen LogP contribution < -0.4 is 5.32 Å². The van der Waals surface area contributed by atoms with Crippen LogP contribution in [0.15, 0.2) is 36.4 Å². The lowest BCUT2D eigenvalue weighted by Gasteiger charge is -2.32. The van der Waals surface area contributed by atoms with Gasteiger partial charge in [0.05, 0.1) is 0 Å². The molecule has 1 saturated heterocycles. The van der Waals surface area contributed by atoms with Gasteiger partial charge in [-0.25, -0.2) is 0 Å². The largest absolute Gasteiger partial charge is 0.349 e. The first kappa shape index (κ1) is 15.8. The molecule has 3 heteroatoms. The second-order valence-corrected chi connectivity index (χ2v) is 6.16. The molecule has 1 aromatic carbocycles. The lowest BCUT2D eigenvalue weighted by Crippen LogP contribution is -2.44. The molecule has 1 fully saturated rings. The summed E-state index contributed by atoms with van der Waals surface area (Å²) in [6.45, 7) is 7.63. The van der Waals surface area contributed by atoms with E-state index in [1.54, 1.807) is 6.08 Å². The van der Waals surface area contributed by atoms with Crippen LogP contribution in [0.2, 0.25) is 0 Å². The third-order valence-electron chi connectivity index (χ3n) is 3.89. The van der Waals surface area contributed by atoms with Gasteiger partial charge in [-0.1, -0.05) is 37.3 Å². The first-order valence-corrected chi connectivity index (χ1v) is 7.89. The SMILES string of the molecule is CC1CCCN(CC(C)NC(=O)C=Cc2ccccc2)C1. The topological polar surface area (TPSA) is 32.3 Å². The van der Waals surface area contributed by atoms with Gasteiger partial charge in [0, 0.05) is 25.2 Å². The Balaban J connectivity index is 1.75. The van der Waals surface area contributed by atoms with E-state index >= 15 is 0 Å². The van der Waals surface area contributed by atoms with Crippen LogP contribution in [-0.4, -0.2) is 36.5 Å². The van der Waals surface area contributed by atoms with E-state index in [0.717, 1.165) is 31.1 Å². The van der Waals surface area contributed by atoms with E-state index in [2.05, 4.69) is 24.1 Å². The first-order valence-electron chi connectivity index (χ1n) is 7.89. The van der Waals surface area contributed by atoms with E-state index in [1.165, 1.54) is 12.8 Å². The van der Waals surface area contributed by atoms with E-state index in [0.29, 0.717) is 0 Å². The average Bonchev–Trinajstić information content (AvgIpc) is 2.46. The zero-order valence-electron chi connectivity index (χ0n) is 13.1. The Morgan fingerprint density at radius 1 is 1.43 bits per heavy atom. The Morgan fingerprint density at radius 3 is 2.90 bits per heavy atom. The summed E-state index contributed by atoms with van der Waals surface area (Å²) in [6, 6.07) is 10.1. The van der Waals surface area contributed by atoms with Gasteiger partial charge in [0.2, 0.25) is 5.91 Å². The number of benzene rings is 1. The molecule has 1 amide bonds. The highest BCUT2D eigenvalue weighted by molar-refractivity contribution is 5.91. The van der Waals surface area contributed by atoms with Gasteiger partial charge in [-0.3, -0.25) is 4.79 Å². The quantitative estimate of drug-likeness (QED) is 0.844. The van der Waals surface area contributed by atoms with Crippen LogP contribution in [0.4, 0.5) is 0 Å². The standard InChI is InChI=1S/C18H26N2O/c1-15-7-6-12-20(13-15)14-16(2)19-18(21)11-10-17-8-4-3-5-9-17/h3-5,8-11,15-16H,6-7,12-14H2,1-2H3,(H,19,21). The number of rotatable bonds is 5. The minimum Gasteiger partial charge on any atom is -0.349 e. The molecule has 2 rings (SSSR count). The van der Waals surface area contributed by atoms with Crippen molar-refractivity contribution in [3.63, 3.8) is 0 Å². The number of carbonyl (C=O) groups is 1. The van der Waals surface area contributed by atoms with Crippen LogP contribution in [0.3, 0.4) is 0 Å². The van der Waals surface area contributed by atoms with Crippen molar-refractivity contribution in [3.05, 3.63) is 42.0 Å². The molecule has 0 aliphatic carbocycles. The van der Waals surface area contributed by atoms with Crippen molar-refractivity contribution >= 4 is 12.0 Å². The summed E-state index contributed by atoms with van der Waals surface area (Å²) < 4.78 is 0. The maximum Gasteiger partial charge on any atom is 0.244 e. The summed E-state index contributed by atoms with van der Waals surface area (Å²) in [4.78, 5) is 14.4. The zero-order valence-corrected chi connectivity index (χ0v) is 13.1. The number of hydrogen-bond acceptors (Lipinski definition) is 2. The van der Waals surface area contributed by atoms with Crippen molar-refractivity contribution in [1.29, 1.82) is 0 Å². The summed E-state index contributed by atoms with van der Waals surface area (Å²) in [5.41, 5.74) is 1.05. The molecule has 3 nitrogen and oxygen atoms in total. The summed E-state index contributed by atoms with van der Waals surface area (Å²) in [5.74, 6) is 0.760. The van der Waals surface area contributed by atoms with Crippen LogP contribution in [-0.2, 0) is 4.79 Å². The van der Waals surface area contributed by atoms with E-state index in [4.69, 9.17) is 0 Å². The number of piperidine rings is 1. The smallest absolute Gasteiger partial charge is 0.244 e. The maximum atomic E-state index is 11.9. The van der Waals surface area contributed by atoms with Crippen LogP contribution in [0.5, 0.6) is 0 Å². The van der Waals surface area contributed by atoms with Crippen molar-refractivity contribution in [1.82, 2.24) is 10.2 Å². The summed E-state index contributed by atoms with van der Waals surface area (Å²) in [7, 11) is 0. The third-order valence-corrected chi connectivity index (χ3v) is 3.89. The number of nitrogens with one attached hydrogen (secondary N) is 1. The number of hydrogen-bond donors (Lipinski definition) is 1. The van der Waals surface area contributed by atoms with Crippen molar-refractivity contribution in [3.8, 4) is 0 Å². The second kappa shape index (κ2) is 7.99. The molecule has 0 radical (unpaired) electrons. The van der Waals surface area contributed by atoms with Crippen LogP contribution in [0.25, 0.3) is 6.08 Å². The van der Waals surface area contributed by atoms with Gasteiger partial charge in [0.15, 0.2) is 0 Å². The van der Waals surface area contributed by atoms with Gasteiger partial charge in [0.1, 0.15) is 0 Å². The van der Waals surface area contributed by atoms with Gasteiger partial charge < -0.3 is 10.2 Å². The summed E-state index contributed by atoms with van der Waals surface area (Å²) in [6.07, 6.45) is 6.07. The Kier molecular flexibility index (Phi) is 6.00.